The minimum absolute atomic E-state index is 0.153. The van der Waals surface area contributed by atoms with Gasteiger partial charge in [0.25, 0.3) is 0 Å². The van der Waals surface area contributed by atoms with Crippen molar-refractivity contribution in [2.45, 2.75) is 43.9 Å². The molecule has 1 aromatic carbocycles. The Morgan fingerprint density at radius 2 is 1.81 bits per heavy atom. The van der Waals surface area contributed by atoms with Crippen molar-refractivity contribution < 1.29 is 30.8 Å². The summed E-state index contributed by atoms with van der Waals surface area (Å²) in [5.41, 5.74) is 1.88. The molecule has 2 heterocycles. The number of hydrogen-bond donors (Lipinski definition) is 1. The summed E-state index contributed by atoms with van der Waals surface area (Å²) in [5, 5.41) is 2.47. The summed E-state index contributed by atoms with van der Waals surface area (Å²) in [4.78, 5) is 23.5. The van der Waals surface area contributed by atoms with E-state index in [1.54, 1.807) is 0 Å². The van der Waals surface area contributed by atoms with Gasteiger partial charge in [-0.1, -0.05) is 0 Å². The summed E-state index contributed by atoms with van der Waals surface area (Å²) in [6.45, 7) is 1.94. The molecule has 21 heavy (non-hydrogen) atoms. The van der Waals surface area contributed by atoms with Crippen molar-refractivity contribution in [1.82, 2.24) is 5.32 Å². The summed E-state index contributed by atoms with van der Waals surface area (Å²) in [5.74, 6) is 0.399. The summed E-state index contributed by atoms with van der Waals surface area (Å²) < 4.78 is 2.88. The van der Waals surface area contributed by atoms with Gasteiger partial charge in [-0.05, 0) is 0 Å². The van der Waals surface area contributed by atoms with E-state index in [2.05, 4.69) is 29.6 Å². The Bertz CT molecular complexity index is 548. The van der Waals surface area contributed by atoms with Gasteiger partial charge in [-0.15, -0.1) is 0 Å². The van der Waals surface area contributed by atoms with Gasteiger partial charge in [-0.3, -0.25) is 0 Å². The predicted octanol–water partition coefficient (Wildman–Crippen LogP) is -0.653. The first-order chi connectivity index (χ1) is 10.1. The summed E-state index contributed by atoms with van der Waals surface area (Å²) in [6, 6.07) is 8.57. The number of hydrogen-bond acceptors (Lipinski definition) is 2. The number of benzene rings is 1. The fourth-order valence-corrected chi connectivity index (χ4v) is 6.12. The van der Waals surface area contributed by atoms with Crippen molar-refractivity contribution in [3.05, 3.63) is 35.4 Å². The number of amides is 2. The monoisotopic (exact) mass is 398 g/mol. The Morgan fingerprint density at radius 1 is 1.14 bits per heavy atom. The van der Waals surface area contributed by atoms with Gasteiger partial charge in [0, 0.05) is 0 Å². The average Bonchev–Trinajstić information content (AvgIpc) is 2.52. The first-order valence-corrected chi connectivity index (χ1v) is 10.6. The number of piperidine rings is 1. The zero-order valence-electron chi connectivity index (χ0n) is 12.3. The van der Waals surface area contributed by atoms with Crippen molar-refractivity contribution in [2.24, 2.45) is 0 Å². The quantitative estimate of drug-likeness (QED) is 0.409. The number of imide groups is 1. The van der Waals surface area contributed by atoms with Gasteiger partial charge in [-0.2, -0.15) is 0 Å². The van der Waals surface area contributed by atoms with E-state index in [1.807, 2.05) is 6.92 Å². The second kappa shape index (κ2) is 6.07. The van der Waals surface area contributed by atoms with Crippen LogP contribution in [0.4, 0.5) is 0 Å². The standard InChI is InChI=1S/C17H21INO2/c1-17(9-6-15(20)19-16(17)21)14-4-2-12(3-5-14)13-7-10-18-11-8-13/h2-5,13H,6-11H2,1H3,(H,19,20,21)/q-1/t17-/m1/s1. The molecule has 0 aliphatic carbocycles. The first-order valence-electron chi connectivity index (χ1n) is 7.58. The Kier molecular flexibility index (Phi) is 4.33. The van der Waals surface area contributed by atoms with Gasteiger partial charge in [0.1, 0.15) is 0 Å². The molecule has 0 spiro atoms. The van der Waals surface area contributed by atoms with E-state index in [0.29, 0.717) is 40.0 Å². The molecule has 1 N–H and O–H groups in total. The molecule has 2 aliphatic rings. The van der Waals surface area contributed by atoms with E-state index in [0.717, 1.165) is 5.56 Å². The SMILES string of the molecule is C[C@]1(c2ccc(C3CC[I-]CC3)cc2)CCC(=O)NC1=O. The summed E-state index contributed by atoms with van der Waals surface area (Å²) >= 11 is 0.475. The maximum absolute atomic E-state index is 12.2. The molecular weight excluding hydrogens is 377 g/mol. The fourth-order valence-electron chi connectivity index (χ4n) is 3.19. The third-order valence-corrected chi connectivity index (χ3v) is 7.58. The van der Waals surface area contributed by atoms with Gasteiger partial charge in [0.15, 0.2) is 0 Å². The molecule has 114 valence electrons. The van der Waals surface area contributed by atoms with Crippen molar-refractivity contribution in [2.75, 3.05) is 8.86 Å². The molecule has 3 rings (SSSR count). The van der Waals surface area contributed by atoms with E-state index in [9.17, 15) is 9.59 Å². The minimum atomic E-state index is -0.565. The van der Waals surface area contributed by atoms with Crippen LogP contribution in [0.25, 0.3) is 0 Å². The van der Waals surface area contributed by atoms with Crippen LogP contribution in [0.2, 0.25) is 0 Å². The average molecular weight is 398 g/mol. The van der Waals surface area contributed by atoms with Crippen LogP contribution in [0.5, 0.6) is 0 Å². The van der Waals surface area contributed by atoms with Crippen molar-refractivity contribution in [3.63, 3.8) is 0 Å². The molecule has 2 amide bonds. The van der Waals surface area contributed by atoms with E-state index in [4.69, 9.17) is 0 Å². The third kappa shape index (κ3) is 3.00. The number of rotatable bonds is 2. The molecule has 4 heteroatoms. The Labute approximate surface area is 136 Å². The molecule has 0 unspecified atom stereocenters. The van der Waals surface area contributed by atoms with E-state index >= 15 is 0 Å². The van der Waals surface area contributed by atoms with E-state index in [-0.39, 0.29) is 11.8 Å². The van der Waals surface area contributed by atoms with E-state index in [1.165, 1.54) is 27.3 Å². The Balaban J connectivity index is 1.80. The first kappa shape index (κ1) is 15.0. The molecule has 2 fully saturated rings. The summed E-state index contributed by atoms with van der Waals surface area (Å²) in [7, 11) is 0. The molecule has 0 saturated carbocycles. The Morgan fingerprint density at radius 3 is 2.43 bits per heavy atom. The van der Waals surface area contributed by atoms with Crippen LogP contribution < -0.4 is 26.5 Å². The predicted molar refractivity (Wildman–Crippen MR) is 77.9 cm³/mol. The number of carbonyl (C=O) groups excluding carboxylic acids is 2. The van der Waals surface area contributed by atoms with Crippen LogP contribution in [-0.2, 0) is 15.0 Å². The van der Waals surface area contributed by atoms with Crippen molar-refractivity contribution in [1.29, 1.82) is 0 Å². The Hall–Kier alpha value is -0.910. The third-order valence-electron chi connectivity index (χ3n) is 4.81. The van der Waals surface area contributed by atoms with Gasteiger partial charge in [0.2, 0.25) is 0 Å². The second-order valence-corrected chi connectivity index (χ2v) is 9.41. The van der Waals surface area contributed by atoms with Crippen LogP contribution in [0, 0.1) is 0 Å². The molecular formula is C17H21INO2-. The number of alkyl halides is 2. The van der Waals surface area contributed by atoms with Crippen molar-refractivity contribution >= 4 is 11.8 Å². The van der Waals surface area contributed by atoms with E-state index < -0.39 is 5.41 Å². The molecule has 0 radical (unpaired) electrons. The molecule has 0 bridgehead atoms. The number of carbonyl (C=O) groups is 2. The van der Waals surface area contributed by atoms with Gasteiger partial charge in [-0.25, -0.2) is 0 Å². The topological polar surface area (TPSA) is 46.2 Å². The second-order valence-electron chi connectivity index (χ2n) is 6.17. The maximum atomic E-state index is 12.2. The molecule has 0 aromatic heterocycles. The van der Waals surface area contributed by atoms with Gasteiger partial charge < -0.3 is 0 Å². The van der Waals surface area contributed by atoms with Gasteiger partial charge >= 0.3 is 136 Å². The molecule has 3 nitrogen and oxygen atoms in total. The molecule has 1 atom stereocenters. The number of nitrogens with one attached hydrogen (secondary N) is 1. The molecule has 1 aromatic rings. The van der Waals surface area contributed by atoms with Gasteiger partial charge in [0.05, 0.1) is 0 Å². The number of halogens is 1. The fraction of sp³-hybridized carbons (Fsp3) is 0.529. The van der Waals surface area contributed by atoms with Crippen LogP contribution in [0.1, 0.15) is 49.7 Å². The summed E-state index contributed by atoms with van der Waals surface area (Å²) in [6.07, 6.45) is 3.69. The normalized spacial score (nSPS) is 27.9. The zero-order valence-corrected chi connectivity index (χ0v) is 14.5. The van der Waals surface area contributed by atoms with Crippen LogP contribution in [0.15, 0.2) is 24.3 Å². The molecule has 2 aliphatic heterocycles. The van der Waals surface area contributed by atoms with Crippen LogP contribution in [-0.4, -0.2) is 20.7 Å². The molecule has 2 saturated heterocycles. The van der Waals surface area contributed by atoms with Crippen molar-refractivity contribution in [3.8, 4) is 0 Å². The van der Waals surface area contributed by atoms with Crippen LogP contribution in [0.3, 0.4) is 0 Å². The zero-order chi connectivity index (χ0) is 14.9. The van der Waals surface area contributed by atoms with Crippen LogP contribution >= 0.6 is 0 Å².